The van der Waals surface area contributed by atoms with Gasteiger partial charge in [0.05, 0.1) is 43.5 Å². The second kappa shape index (κ2) is 20.4. The van der Waals surface area contributed by atoms with E-state index in [1.54, 1.807) is 0 Å². The topological polar surface area (TPSA) is 169 Å². The van der Waals surface area contributed by atoms with Gasteiger partial charge in [-0.3, -0.25) is 0 Å². The first kappa shape index (κ1) is 35.4. The van der Waals surface area contributed by atoms with E-state index in [1.165, 1.54) is 6.92 Å². The monoisotopic (exact) mass is 544 g/mol. The lowest BCUT2D eigenvalue weighted by Gasteiger charge is -2.31. The minimum Gasteiger partial charge on any atom is -0.461 e. The van der Waals surface area contributed by atoms with Crippen molar-refractivity contribution in [2.45, 2.75) is 70.2 Å². The summed E-state index contributed by atoms with van der Waals surface area (Å²) >= 11 is 0. The van der Waals surface area contributed by atoms with Crippen molar-refractivity contribution in [2.75, 3.05) is 39.6 Å². The normalized spacial score (nSPS) is 13.6. The first-order valence-corrected chi connectivity index (χ1v) is 12.6. The minimum absolute atomic E-state index is 0.0891. The Morgan fingerprint density at radius 3 is 1.84 bits per heavy atom. The smallest absolute Gasteiger partial charge is 0.333 e. The number of carbonyl (C=O) groups is 3. The van der Waals surface area contributed by atoms with Crippen LogP contribution in [0.5, 0.6) is 0 Å². The van der Waals surface area contributed by atoms with Gasteiger partial charge in [0, 0.05) is 24.1 Å². The molecule has 0 radical (unpaired) electrons. The number of esters is 3. The molecule has 0 saturated heterocycles. The van der Waals surface area contributed by atoms with Gasteiger partial charge >= 0.3 is 17.9 Å². The van der Waals surface area contributed by atoms with E-state index in [2.05, 4.69) is 19.7 Å². The standard InChI is InChI=1S/C27H44O11/c1-5-24(32)35-14-21(30)11-9-7-8-10-12-23(13-22(31)15-36-25(33)6-2)37-18-27(16-28,17-29)19-38-26(34)20(3)4/h5-6,21-23,28-31H,1-3,7-19H2,4H3. The zero-order valence-corrected chi connectivity index (χ0v) is 22.3. The summed E-state index contributed by atoms with van der Waals surface area (Å²) in [5.74, 6) is -1.91. The van der Waals surface area contributed by atoms with Gasteiger partial charge < -0.3 is 39.4 Å². The molecule has 11 nitrogen and oxygen atoms in total. The third kappa shape index (κ3) is 16.3. The Balaban J connectivity index is 4.86. The SMILES string of the molecule is C=CC(=O)OCC(O)CCCCCCC(CC(O)COC(=O)C=C)OCC(CO)(CO)COC(=O)C(=C)C. The van der Waals surface area contributed by atoms with Crippen molar-refractivity contribution in [3.05, 3.63) is 37.5 Å². The third-order valence-corrected chi connectivity index (χ3v) is 5.67. The molecule has 0 heterocycles. The Bertz CT molecular complexity index is 745. The molecule has 0 aromatic rings. The summed E-state index contributed by atoms with van der Waals surface area (Å²) in [5, 5.41) is 39.9. The summed E-state index contributed by atoms with van der Waals surface area (Å²) < 4.78 is 20.7. The van der Waals surface area contributed by atoms with E-state index in [1.807, 2.05) is 0 Å². The molecule has 0 amide bonds. The van der Waals surface area contributed by atoms with Crippen LogP contribution in [-0.4, -0.2) is 96.3 Å². The highest BCUT2D eigenvalue weighted by atomic mass is 16.6. The molecule has 3 atom stereocenters. The van der Waals surface area contributed by atoms with Crippen molar-refractivity contribution in [1.82, 2.24) is 0 Å². The summed E-state index contributed by atoms with van der Waals surface area (Å²) in [7, 11) is 0. The van der Waals surface area contributed by atoms with Crippen molar-refractivity contribution in [3.63, 3.8) is 0 Å². The molecule has 218 valence electrons. The van der Waals surface area contributed by atoms with Crippen LogP contribution < -0.4 is 0 Å². The van der Waals surface area contributed by atoms with Crippen LogP contribution in [0.15, 0.2) is 37.5 Å². The second-order valence-corrected chi connectivity index (χ2v) is 9.31. The van der Waals surface area contributed by atoms with Crippen molar-refractivity contribution in [1.29, 1.82) is 0 Å². The molecule has 0 bridgehead atoms. The van der Waals surface area contributed by atoms with Crippen LogP contribution in [0, 0.1) is 5.41 Å². The van der Waals surface area contributed by atoms with Gasteiger partial charge in [0.2, 0.25) is 0 Å². The van der Waals surface area contributed by atoms with E-state index >= 15 is 0 Å². The molecule has 4 N–H and O–H groups in total. The maximum Gasteiger partial charge on any atom is 0.333 e. The summed E-state index contributed by atoms with van der Waals surface area (Å²) in [6, 6.07) is 0. The van der Waals surface area contributed by atoms with Gasteiger partial charge in [-0.25, -0.2) is 14.4 Å². The summed E-state index contributed by atoms with van der Waals surface area (Å²) in [6.45, 7) is 9.77. The number of aliphatic hydroxyl groups excluding tert-OH is 4. The van der Waals surface area contributed by atoms with Crippen molar-refractivity contribution < 1.29 is 53.8 Å². The first-order valence-electron chi connectivity index (χ1n) is 12.6. The van der Waals surface area contributed by atoms with Gasteiger partial charge in [-0.2, -0.15) is 0 Å². The summed E-state index contributed by atoms with van der Waals surface area (Å²) in [4.78, 5) is 34.1. The third-order valence-electron chi connectivity index (χ3n) is 5.67. The van der Waals surface area contributed by atoms with Crippen LogP contribution >= 0.6 is 0 Å². The molecule has 0 saturated carbocycles. The van der Waals surface area contributed by atoms with E-state index in [0.717, 1.165) is 25.0 Å². The molecule has 0 spiro atoms. The van der Waals surface area contributed by atoms with Crippen LogP contribution in [0.2, 0.25) is 0 Å². The van der Waals surface area contributed by atoms with E-state index in [9.17, 15) is 34.8 Å². The molecule has 0 aliphatic rings. The van der Waals surface area contributed by atoms with Crippen molar-refractivity contribution in [2.24, 2.45) is 5.41 Å². The van der Waals surface area contributed by atoms with Crippen LogP contribution in [0.25, 0.3) is 0 Å². The van der Waals surface area contributed by atoms with Gasteiger partial charge in [0.25, 0.3) is 0 Å². The van der Waals surface area contributed by atoms with Gasteiger partial charge in [-0.1, -0.05) is 45.4 Å². The summed E-state index contributed by atoms with van der Waals surface area (Å²) in [5.41, 5.74) is -1.08. The number of hydrogen-bond donors (Lipinski definition) is 4. The zero-order chi connectivity index (χ0) is 29.0. The van der Waals surface area contributed by atoms with Crippen molar-refractivity contribution >= 4 is 17.9 Å². The lowest BCUT2D eigenvalue weighted by Crippen LogP contribution is -2.42. The predicted octanol–water partition coefficient (Wildman–Crippen LogP) is 1.37. The number of unbranched alkanes of at least 4 members (excludes halogenated alkanes) is 3. The quantitative estimate of drug-likeness (QED) is 0.0634. The van der Waals surface area contributed by atoms with Crippen LogP contribution in [-0.2, 0) is 33.3 Å². The number of ether oxygens (including phenoxy) is 4. The highest BCUT2D eigenvalue weighted by molar-refractivity contribution is 5.86. The molecule has 38 heavy (non-hydrogen) atoms. The second-order valence-electron chi connectivity index (χ2n) is 9.31. The van der Waals surface area contributed by atoms with E-state index in [4.69, 9.17) is 18.9 Å². The van der Waals surface area contributed by atoms with Crippen molar-refractivity contribution in [3.8, 4) is 0 Å². The van der Waals surface area contributed by atoms with Gasteiger partial charge in [-0.05, 0) is 19.8 Å². The summed E-state index contributed by atoms with van der Waals surface area (Å²) in [6.07, 6.45) is 3.86. The Morgan fingerprint density at radius 2 is 1.34 bits per heavy atom. The molecule has 0 aromatic heterocycles. The number of aliphatic hydroxyl groups is 4. The maximum atomic E-state index is 11.8. The molecular formula is C27H44O11. The number of rotatable bonds is 23. The number of hydrogen-bond acceptors (Lipinski definition) is 11. The largest absolute Gasteiger partial charge is 0.461 e. The fourth-order valence-electron chi connectivity index (χ4n) is 3.21. The molecule has 0 rings (SSSR count). The molecule has 11 heteroatoms. The Hall–Kier alpha value is -2.57. The van der Waals surface area contributed by atoms with Crippen LogP contribution in [0.3, 0.4) is 0 Å². The highest BCUT2D eigenvalue weighted by Crippen LogP contribution is 2.22. The highest BCUT2D eigenvalue weighted by Gasteiger charge is 2.33. The molecule has 0 fully saturated rings. The zero-order valence-electron chi connectivity index (χ0n) is 22.3. The molecule has 0 aromatic carbocycles. The van der Waals surface area contributed by atoms with Crippen LogP contribution in [0.4, 0.5) is 0 Å². The molecule has 0 aliphatic heterocycles. The van der Waals surface area contributed by atoms with Crippen LogP contribution in [0.1, 0.15) is 51.9 Å². The first-order chi connectivity index (χ1) is 18.0. The lowest BCUT2D eigenvalue weighted by molar-refractivity contribution is -0.151. The van der Waals surface area contributed by atoms with Gasteiger partial charge in [0.1, 0.15) is 19.8 Å². The van der Waals surface area contributed by atoms with Gasteiger partial charge in [0.15, 0.2) is 0 Å². The van der Waals surface area contributed by atoms with E-state index in [-0.39, 0.29) is 38.4 Å². The lowest BCUT2D eigenvalue weighted by atomic mass is 9.92. The fourth-order valence-corrected chi connectivity index (χ4v) is 3.21. The average molecular weight is 545 g/mol. The van der Waals surface area contributed by atoms with E-state index < -0.39 is 54.8 Å². The average Bonchev–Trinajstić information content (AvgIpc) is 2.91. The fraction of sp³-hybridized carbons (Fsp3) is 0.667. The van der Waals surface area contributed by atoms with Gasteiger partial charge in [-0.15, -0.1) is 0 Å². The molecular weight excluding hydrogens is 500 g/mol. The number of carbonyl (C=O) groups excluding carboxylic acids is 3. The Labute approximate surface area is 224 Å². The molecule has 3 unspecified atom stereocenters. The predicted molar refractivity (Wildman–Crippen MR) is 139 cm³/mol. The minimum atomic E-state index is -1.26. The van der Waals surface area contributed by atoms with E-state index in [0.29, 0.717) is 25.7 Å². The molecule has 0 aliphatic carbocycles. The Morgan fingerprint density at radius 1 is 0.816 bits per heavy atom. The maximum absolute atomic E-state index is 11.8. The Kier molecular flexibility index (Phi) is 19.0.